The molecule has 1 aliphatic heterocycles. The van der Waals surface area contributed by atoms with Gasteiger partial charge in [0.1, 0.15) is 12.9 Å². The van der Waals surface area contributed by atoms with E-state index in [1.165, 1.54) is 0 Å². The molecule has 1 aromatic carbocycles. The van der Waals surface area contributed by atoms with E-state index in [4.69, 9.17) is 14.6 Å². The molecule has 1 aromatic heterocycles. The van der Waals surface area contributed by atoms with Gasteiger partial charge in [0.15, 0.2) is 6.10 Å². The van der Waals surface area contributed by atoms with Gasteiger partial charge in [-0.2, -0.15) is 4.98 Å². The summed E-state index contributed by atoms with van der Waals surface area (Å²) in [4.78, 5) is 14.9. The molecule has 0 spiro atoms. The smallest absolute Gasteiger partial charge is 0.335 e. The van der Waals surface area contributed by atoms with Crippen LogP contribution in [0.1, 0.15) is 12.8 Å². The Morgan fingerprint density at radius 2 is 2.19 bits per heavy atom. The van der Waals surface area contributed by atoms with Crippen molar-refractivity contribution >= 4 is 5.97 Å². The van der Waals surface area contributed by atoms with Crippen molar-refractivity contribution in [2.24, 2.45) is 0 Å². The molecule has 0 amide bonds. The molecule has 0 radical (unpaired) electrons. The molecule has 0 saturated carbocycles. The van der Waals surface area contributed by atoms with Crippen molar-refractivity contribution in [2.45, 2.75) is 25.0 Å². The van der Waals surface area contributed by atoms with Crippen molar-refractivity contribution in [1.82, 2.24) is 14.8 Å². The van der Waals surface area contributed by atoms with Crippen LogP contribution in [0.15, 0.2) is 36.7 Å². The van der Waals surface area contributed by atoms with Gasteiger partial charge >= 0.3 is 12.0 Å². The Morgan fingerprint density at radius 1 is 1.38 bits per heavy atom. The van der Waals surface area contributed by atoms with E-state index in [0.717, 1.165) is 5.69 Å². The zero-order valence-corrected chi connectivity index (χ0v) is 11.3. The van der Waals surface area contributed by atoms with Gasteiger partial charge in [0.25, 0.3) is 0 Å². The summed E-state index contributed by atoms with van der Waals surface area (Å²) in [6.07, 6.45) is 1.79. The number of hydrogen-bond donors (Lipinski definition) is 1. The van der Waals surface area contributed by atoms with Gasteiger partial charge < -0.3 is 14.6 Å². The largest absolute Gasteiger partial charge is 0.479 e. The summed E-state index contributed by atoms with van der Waals surface area (Å²) in [6, 6.07) is 9.83. The third-order valence-corrected chi connectivity index (χ3v) is 3.27. The van der Waals surface area contributed by atoms with Gasteiger partial charge in [0.05, 0.1) is 11.8 Å². The number of carbonyl (C=O) groups is 1. The van der Waals surface area contributed by atoms with Crippen LogP contribution < -0.4 is 4.74 Å². The molecular weight excluding hydrogens is 274 g/mol. The minimum absolute atomic E-state index is 0.227. The van der Waals surface area contributed by atoms with Crippen LogP contribution in [0.2, 0.25) is 0 Å². The molecule has 1 aliphatic rings. The fourth-order valence-electron chi connectivity index (χ4n) is 2.20. The fraction of sp³-hybridized carbons (Fsp3) is 0.357. The number of aliphatic carboxylic acids is 1. The number of benzene rings is 1. The molecule has 0 bridgehead atoms. The third kappa shape index (κ3) is 3.19. The number of para-hydroxylation sites is 1. The van der Waals surface area contributed by atoms with Crippen molar-refractivity contribution in [3.63, 3.8) is 0 Å². The van der Waals surface area contributed by atoms with Gasteiger partial charge in [-0.05, 0) is 25.0 Å². The van der Waals surface area contributed by atoms with Gasteiger partial charge in [-0.25, -0.2) is 9.48 Å². The summed E-state index contributed by atoms with van der Waals surface area (Å²) in [5.41, 5.74) is 0.892. The van der Waals surface area contributed by atoms with Gasteiger partial charge in [-0.1, -0.05) is 18.2 Å². The fourth-order valence-corrected chi connectivity index (χ4v) is 2.20. The Labute approximate surface area is 121 Å². The summed E-state index contributed by atoms with van der Waals surface area (Å²) < 4.78 is 12.4. The molecule has 0 aliphatic carbocycles. The zero-order valence-electron chi connectivity index (χ0n) is 11.3. The molecule has 7 heteroatoms. The van der Waals surface area contributed by atoms with Crippen LogP contribution >= 0.6 is 0 Å². The topological polar surface area (TPSA) is 86.5 Å². The zero-order chi connectivity index (χ0) is 14.7. The monoisotopic (exact) mass is 289 g/mol. The quantitative estimate of drug-likeness (QED) is 0.892. The van der Waals surface area contributed by atoms with E-state index in [2.05, 4.69) is 10.1 Å². The maximum absolute atomic E-state index is 10.8. The minimum atomic E-state index is -0.927. The summed E-state index contributed by atoms with van der Waals surface area (Å²) in [6.45, 7) is 0.253. The van der Waals surface area contributed by atoms with E-state index in [-0.39, 0.29) is 18.7 Å². The molecule has 21 heavy (non-hydrogen) atoms. The highest BCUT2D eigenvalue weighted by Gasteiger charge is 2.30. The van der Waals surface area contributed by atoms with E-state index in [1.54, 1.807) is 11.0 Å². The first kappa shape index (κ1) is 13.6. The van der Waals surface area contributed by atoms with Gasteiger partial charge in [0.2, 0.25) is 0 Å². The molecule has 2 unspecified atom stereocenters. The number of carboxylic acid groups (broad SMARTS) is 1. The first-order chi connectivity index (χ1) is 10.2. The van der Waals surface area contributed by atoms with E-state index in [0.29, 0.717) is 12.8 Å². The number of carboxylic acids is 1. The van der Waals surface area contributed by atoms with Crippen molar-refractivity contribution in [2.75, 3.05) is 6.61 Å². The lowest BCUT2D eigenvalue weighted by molar-refractivity contribution is -0.149. The number of rotatable bonds is 5. The van der Waals surface area contributed by atoms with Crippen LogP contribution in [-0.2, 0) is 9.53 Å². The van der Waals surface area contributed by atoms with Gasteiger partial charge in [0, 0.05) is 0 Å². The normalized spacial score (nSPS) is 21.3. The molecule has 1 fully saturated rings. The van der Waals surface area contributed by atoms with Crippen LogP contribution in [-0.4, -0.2) is 44.7 Å². The van der Waals surface area contributed by atoms with E-state index in [9.17, 15) is 4.79 Å². The average Bonchev–Trinajstić information content (AvgIpc) is 3.15. The summed E-state index contributed by atoms with van der Waals surface area (Å²) >= 11 is 0. The van der Waals surface area contributed by atoms with E-state index < -0.39 is 12.1 Å². The van der Waals surface area contributed by atoms with Crippen LogP contribution in [0.5, 0.6) is 6.01 Å². The third-order valence-electron chi connectivity index (χ3n) is 3.27. The number of ether oxygens (including phenoxy) is 2. The Balaban J connectivity index is 1.55. The summed E-state index contributed by atoms with van der Waals surface area (Å²) in [5.74, 6) is -0.927. The lowest BCUT2D eigenvalue weighted by atomic mass is 10.2. The first-order valence-corrected chi connectivity index (χ1v) is 6.70. The molecule has 7 nitrogen and oxygen atoms in total. The Bertz CT molecular complexity index is 614. The average molecular weight is 289 g/mol. The molecule has 1 saturated heterocycles. The lowest BCUT2D eigenvalue weighted by Gasteiger charge is -2.10. The van der Waals surface area contributed by atoms with E-state index >= 15 is 0 Å². The number of nitrogens with zero attached hydrogens (tertiary/aromatic N) is 3. The van der Waals surface area contributed by atoms with Crippen molar-refractivity contribution < 1.29 is 19.4 Å². The Kier molecular flexibility index (Phi) is 3.83. The Morgan fingerprint density at radius 3 is 2.90 bits per heavy atom. The highest BCUT2D eigenvalue weighted by Crippen LogP contribution is 2.20. The molecular formula is C14H15N3O4. The highest BCUT2D eigenvalue weighted by atomic mass is 16.6. The van der Waals surface area contributed by atoms with E-state index in [1.807, 2.05) is 30.3 Å². The maximum Gasteiger partial charge on any atom is 0.335 e. The predicted molar refractivity (Wildman–Crippen MR) is 72.4 cm³/mol. The van der Waals surface area contributed by atoms with Gasteiger partial charge in [-0.15, -0.1) is 5.10 Å². The molecule has 3 rings (SSSR count). The van der Waals surface area contributed by atoms with Gasteiger partial charge in [-0.3, -0.25) is 0 Å². The molecule has 2 aromatic rings. The molecule has 110 valence electrons. The second kappa shape index (κ2) is 5.92. The summed E-state index contributed by atoms with van der Waals surface area (Å²) in [7, 11) is 0. The van der Waals surface area contributed by atoms with Crippen molar-refractivity contribution in [3.8, 4) is 11.7 Å². The second-order valence-electron chi connectivity index (χ2n) is 4.78. The van der Waals surface area contributed by atoms with Crippen LogP contribution in [0.3, 0.4) is 0 Å². The molecule has 1 N–H and O–H groups in total. The lowest BCUT2D eigenvalue weighted by Crippen LogP contribution is -2.23. The summed E-state index contributed by atoms with van der Waals surface area (Å²) in [5, 5.41) is 13.1. The minimum Gasteiger partial charge on any atom is -0.479 e. The molecule has 2 heterocycles. The first-order valence-electron chi connectivity index (χ1n) is 6.70. The maximum atomic E-state index is 10.8. The van der Waals surface area contributed by atoms with Crippen LogP contribution in [0.4, 0.5) is 0 Å². The van der Waals surface area contributed by atoms with Crippen molar-refractivity contribution in [1.29, 1.82) is 0 Å². The predicted octanol–water partition coefficient (Wildman–Crippen LogP) is 1.28. The number of aromatic nitrogens is 3. The van der Waals surface area contributed by atoms with Crippen molar-refractivity contribution in [3.05, 3.63) is 36.7 Å². The SMILES string of the molecule is O=C(O)C1CCC(COc2ncn(-c3ccccc3)n2)O1. The number of hydrogen-bond acceptors (Lipinski definition) is 5. The van der Waals surface area contributed by atoms with Crippen LogP contribution in [0.25, 0.3) is 5.69 Å². The highest BCUT2D eigenvalue weighted by molar-refractivity contribution is 5.72. The Hall–Kier alpha value is -2.41. The second-order valence-corrected chi connectivity index (χ2v) is 4.78. The standard InChI is InChI=1S/C14H15N3O4/c18-13(19)12-7-6-11(21-12)8-20-14-15-9-17(16-14)10-4-2-1-3-5-10/h1-5,9,11-12H,6-8H2,(H,18,19). The van der Waals surface area contributed by atoms with Crippen LogP contribution in [0, 0.1) is 0 Å². The molecule has 2 atom stereocenters.